The smallest absolute Gasteiger partial charge is 0.131 e. The highest BCUT2D eigenvalue weighted by Crippen LogP contribution is 2.29. The number of anilines is 4. The van der Waals surface area contributed by atoms with E-state index in [-0.39, 0.29) is 0 Å². The Hall–Kier alpha value is -2.50. The zero-order chi connectivity index (χ0) is 24.2. The maximum Gasteiger partial charge on any atom is 0.131 e. The van der Waals surface area contributed by atoms with E-state index in [2.05, 4.69) is 64.6 Å². The molecule has 0 spiro atoms. The number of hydrogen-bond acceptors (Lipinski definition) is 6. The SMILES string of the molecule is CC(C)c1cc(N2CCC2)nc(N2CCC2)c1.CCc1cc(N2CCCC2)nc(N2CCCC2)c1. The second-order valence-corrected chi connectivity index (χ2v) is 10.9. The van der Waals surface area contributed by atoms with Gasteiger partial charge in [0.2, 0.25) is 0 Å². The molecule has 0 aromatic carbocycles. The van der Waals surface area contributed by atoms with Gasteiger partial charge >= 0.3 is 0 Å². The summed E-state index contributed by atoms with van der Waals surface area (Å²) in [4.78, 5) is 19.4. The molecule has 0 amide bonds. The molecule has 0 N–H and O–H groups in total. The van der Waals surface area contributed by atoms with Crippen molar-refractivity contribution in [3.8, 4) is 0 Å². The average Bonchev–Trinajstić information content (AvgIpc) is 3.51. The molecule has 6 nitrogen and oxygen atoms in total. The van der Waals surface area contributed by atoms with Crippen LogP contribution in [0.2, 0.25) is 0 Å². The first kappa shape index (κ1) is 24.2. The van der Waals surface area contributed by atoms with E-state index in [1.165, 1.54) is 125 Å². The third-order valence-electron chi connectivity index (χ3n) is 7.97. The van der Waals surface area contributed by atoms with Crippen LogP contribution in [0.5, 0.6) is 0 Å². The fourth-order valence-corrected chi connectivity index (χ4v) is 5.25. The van der Waals surface area contributed by atoms with E-state index in [1.54, 1.807) is 0 Å². The Morgan fingerprint density at radius 3 is 1.20 bits per heavy atom. The molecule has 2 aromatic rings. The highest BCUT2D eigenvalue weighted by molar-refractivity contribution is 5.55. The van der Waals surface area contributed by atoms with Crippen LogP contribution in [-0.4, -0.2) is 62.3 Å². The summed E-state index contributed by atoms with van der Waals surface area (Å²) in [5, 5.41) is 0. The zero-order valence-corrected chi connectivity index (χ0v) is 22.2. The first-order chi connectivity index (χ1) is 17.1. The molecule has 0 atom stereocenters. The van der Waals surface area contributed by atoms with Crippen molar-refractivity contribution in [3.05, 3.63) is 35.4 Å². The van der Waals surface area contributed by atoms with E-state index in [9.17, 15) is 0 Å². The first-order valence-corrected chi connectivity index (χ1v) is 14.1. The monoisotopic (exact) mass is 476 g/mol. The van der Waals surface area contributed by atoms with Crippen molar-refractivity contribution >= 4 is 23.3 Å². The summed E-state index contributed by atoms with van der Waals surface area (Å²) in [5.74, 6) is 5.36. The lowest BCUT2D eigenvalue weighted by Crippen LogP contribution is -2.40. The lowest BCUT2D eigenvalue weighted by atomic mass is 10.0. The van der Waals surface area contributed by atoms with Crippen LogP contribution in [0.1, 0.15) is 76.3 Å². The molecule has 190 valence electrons. The van der Waals surface area contributed by atoms with Gasteiger partial charge in [-0.15, -0.1) is 0 Å². The minimum Gasteiger partial charge on any atom is -0.357 e. The maximum absolute atomic E-state index is 4.90. The number of rotatable bonds is 6. The zero-order valence-electron chi connectivity index (χ0n) is 22.2. The van der Waals surface area contributed by atoms with E-state index in [0.29, 0.717) is 5.92 Å². The molecular formula is C29H44N6. The summed E-state index contributed by atoms with van der Waals surface area (Å²) in [6, 6.07) is 9.11. The summed E-state index contributed by atoms with van der Waals surface area (Å²) in [5.41, 5.74) is 2.85. The predicted octanol–water partition coefficient (Wildman–Crippen LogP) is 5.47. The number of nitrogens with zero attached hydrogens (tertiary/aromatic N) is 6. The summed E-state index contributed by atoms with van der Waals surface area (Å²) < 4.78 is 0. The molecule has 4 aliphatic rings. The minimum absolute atomic E-state index is 0.582. The van der Waals surface area contributed by atoms with Crippen LogP contribution in [0.15, 0.2) is 24.3 Å². The van der Waals surface area contributed by atoms with E-state index in [0.717, 1.165) is 6.42 Å². The third kappa shape index (κ3) is 5.68. The lowest BCUT2D eigenvalue weighted by molar-refractivity contribution is 0.594. The topological polar surface area (TPSA) is 38.7 Å². The Balaban J connectivity index is 0.000000145. The number of pyridine rings is 2. The molecule has 4 fully saturated rings. The summed E-state index contributed by atoms with van der Waals surface area (Å²) >= 11 is 0. The highest BCUT2D eigenvalue weighted by atomic mass is 15.3. The quantitative estimate of drug-likeness (QED) is 0.550. The molecule has 2 aromatic heterocycles. The van der Waals surface area contributed by atoms with Crippen LogP contribution in [0.25, 0.3) is 0 Å². The van der Waals surface area contributed by atoms with Gasteiger partial charge in [-0.05, 0) is 86.3 Å². The molecule has 0 aliphatic carbocycles. The van der Waals surface area contributed by atoms with Gasteiger partial charge < -0.3 is 19.6 Å². The fourth-order valence-electron chi connectivity index (χ4n) is 5.25. The average molecular weight is 477 g/mol. The summed E-state index contributed by atoms with van der Waals surface area (Å²) in [6.07, 6.45) is 8.99. The molecule has 0 bridgehead atoms. The Labute approximate surface area is 212 Å². The van der Waals surface area contributed by atoms with E-state index in [4.69, 9.17) is 9.97 Å². The van der Waals surface area contributed by atoms with Gasteiger partial charge in [-0.3, -0.25) is 0 Å². The standard InChI is InChI=1S/C15H23N3.C14H21N3/c1-2-13-11-14(17-7-3-4-8-17)16-15(12-13)18-9-5-6-10-18;1-11(2)12-9-13(16-5-3-6-16)15-14(10-12)17-7-4-8-17/h11-12H,2-10H2,1H3;9-11H,3-8H2,1-2H3. The Morgan fingerprint density at radius 1 is 0.571 bits per heavy atom. The van der Waals surface area contributed by atoms with Crippen LogP contribution in [0, 0.1) is 0 Å². The number of aryl methyl sites for hydroxylation is 1. The van der Waals surface area contributed by atoms with Crippen molar-refractivity contribution in [1.29, 1.82) is 0 Å². The summed E-state index contributed by atoms with van der Waals surface area (Å²) in [7, 11) is 0. The van der Waals surface area contributed by atoms with Crippen LogP contribution in [0.4, 0.5) is 23.3 Å². The molecule has 35 heavy (non-hydrogen) atoms. The van der Waals surface area contributed by atoms with Crippen molar-refractivity contribution in [2.45, 2.75) is 71.6 Å². The van der Waals surface area contributed by atoms with Crippen LogP contribution in [0.3, 0.4) is 0 Å². The Bertz CT molecular complexity index is 903. The van der Waals surface area contributed by atoms with Gasteiger partial charge in [-0.25, -0.2) is 9.97 Å². The molecule has 4 saturated heterocycles. The van der Waals surface area contributed by atoms with Gasteiger partial charge in [-0.2, -0.15) is 0 Å². The molecule has 6 heterocycles. The fraction of sp³-hybridized carbons (Fsp3) is 0.655. The molecule has 6 heteroatoms. The van der Waals surface area contributed by atoms with Crippen LogP contribution < -0.4 is 19.6 Å². The number of aromatic nitrogens is 2. The van der Waals surface area contributed by atoms with Crippen LogP contribution in [-0.2, 0) is 6.42 Å². The second-order valence-electron chi connectivity index (χ2n) is 10.9. The van der Waals surface area contributed by atoms with Crippen molar-refractivity contribution in [2.75, 3.05) is 72.0 Å². The molecule has 0 radical (unpaired) electrons. The molecule has 4 aliphatic heterocycles. The van der Waals surface area contributed by atoms with Gasteiger partial charge in [0.25, 0.3) is 0 Å². The molecule has 0 saturated carbocycles. The van der Waals surface area contributed by atoms with Crippen LogP contribution >= 0.6 is 0 Å². The van der Waals surface area contributed by atoms with Gasteiger partial charge in [0.15, 0.2) is 0 Å². The van der Waals surface area contributed by atoms with E-state index in [1.807, 2.05) is 0 Å². The van der Waals surface area contributed by atoms with Gasteiger partial charge in [-0.1, -0.05) is 20.8 Å². The molecule has 0 unspecified atom stereocenters. The Kier molecular flexibility index (Phi) is 7.64. The molecular weight excluding hydrogens is 432 g/mol. The van der Waals surface area contributed by atoms with E-state index < -0.39 is 0 Å². The third-order valence-corrected chi connectivity index (χ3v) is 7.97. The van der Waals surface area contributed by atoms with Crippen molar-refractivity contribution in [1.82, 2.24) is 9.97 Å². The van der Waals surface area contributed by atoms with Gasteiger partial charge in [0, 0.05) is 52.4 Å². The normalized spacial score (nSPS) is 19.5. The Morgan fingerprint density at radius 2 is 0.914 bits per heavy atom. The minimum atomic E-state index is 0.582. The van der Waals surface area contributed by atoms with Crippen molar-refractivity contribution in [2.24, 2.45) is 0 Å². The first-order valence-electron chi connectivity index (χ1n) is 14.1. The lowest BCUT2D eigenvalue weighted by Gasteiger charge is -2.36. The highest BCUT2D eigenvalue weighted by Gasteiger charge is 2.22. The largest absolute Gasteiger partial charge is 0.357 e. The molecule has 6 rings (SSSR count). The van der Waals surface area contributed by atoms with Crippen molar-refractivity contribution < 1.29 is 0 Å². The predicted molar refractivity (Wildman–Crippen MR) is 148 cm³/mol. The van der Waals surface area contributed by atoms with E-state index >= 15 is 0 Å². The number of hydrogen-bond donors (Lipinski definition) is 0. The summed E-state index contributed by atoms with van der Waals surface area (Å²) in [6.45, 7) is 16.2. The van der Waals surface area contributed by atoms with Gasteiger partial charge in [0.1, 0.15) is 23.3 Å². The second kappa shape index (κ2) is 11.0. The van der Waals surface area contributed by atoms with Crippen molar-refractivity contribution in [3.63, 3.8) is 0 Å². The van der Waals surface area contributed by atoms with Gasteiger partial charge in [0.05, 0.1) is 0 Å². The maximum atomic E-state index is 4.90.